The minimum atomic E-state index is 0.0612. The van der Waals surface area contributed by atoms with Crippen molar-refractivity contribution < 1.29 is 9.94 Å². The predicted octanol–water partition coefficient (Wildman–Crippen LogP) is 1.03. The molecule has 110 valence electrons. The highest BCUT2D eigenvalue weighted by molar-refractivity contribution is 5.96. The molecule has 0 saturated carbocycles. The minimum absolute atomic E-state index is 0.0612. The first kappa shape index (κ1) is 14.7. The summed E-state index contributed by atoms with van der Waals surface area (Å²) in [5, 5.41) is 11.9. The van der Waals surface area contributed by atoms with E-state index in [-0.39, 0.29) is 5.84 Å². The first-order chi connectivity index (χ1) is 9.74. The zero-order valence-electron chi connectivity index (χ0n) is 11.8. The van der Waals surface area contributed by atoms with E-state index in [1.165, 1.54) is 12.8 Å². The molecular weight excluding hydrogens is 256 g/mol. The number of ether oxygens (including phenoxy) is 1. The molecule has 0 radical (unpaired) electrons. The molecule has 3 N–H and O–H groups in total. The quantitative estimate of drug-likeness (QED) is 0.364. The van der Waals surface area contributed by atoms with Crippen LogP contribution in [0.25, 0.3) is 0 Å². The second kappa shape index (κ2) is 7.21. The molecule has 1 fully saturated rings. The Morgan fingerprint density at radius 3 is 3.25 bits per heavy atom. The van der Waals surface area contributed by atoms with Gasteiger partial charge < -0.3 is 15.7 Å². The fourth-order valence-electron chi connectivity index (χ4n) is 2.75. The molecule has 6 nitrogen and oxygen atoms in total. The molecule has 1 unspecified atom stereocenters. The molecule has 0 aliphatic carbocycles. The van der Waals surface area contributed by atoms with E-state index in [0.29, 0.717) is 11.6 Å². The van der Waals surface area contributed by atoms with Crippen LogP contribution in [-0.2, 0) is 11.3 Å². The van der Waals surface area contributed by atoms with E-state index in [0.717, 1.165) is 31.8 Å². The van der Waals surface area contributed by atoms with Crippen LogP contribution in [-0.4, -0.2) is 47.7 Å². The number of aromatic nitrogens is 1. The van der Waals surface area contributed by atoms with Gasteiger partial charge in [0.15, 0.2) is 5.84 Å². The molecule has 0 aromatic carbocycles. The van der Waals surface area contributed by atoms with E-state index in [4.69, 9.17) is 15.7 Å². The highest BCUT2D eigenvalue weighted by Gasteiger charge is 2.21. The van der Waals surface area contributed by atoms with Gasteiger partial charge in [-0.3, -0.25) is 9.88 Å². The molecule has 1 aliphatic rings. The van der Waals surface area contributed by atoms with E-state index in [2.05, 4.69) is 15.0 Å². The zero-order chi connectivity index (χ0) is 14.4. The molecule has 1 aromatic rings. The van der Waals surface area contributed by atoms with Gasteiger partial charge in [0.2, 0.25) is 0 Å². The number of likely N-dealkylation sites (tertiary alicyclic amines) is 1. The van der Waals surface area contributed by atoms with Gasteiger partial charge in [-0.05, 0) is 36.9 Å². The van der Waals surface area contributed by atoms with Gasteiger partial charge in [-0.15, -0.1) is 0 Å². The maximum absolute atomic E-state index is 8.82. The number of rotatable bonds is 5. The zero-order valence-corrected chi connectivity index (χ0v) is 11.8. The fraction of sp³-hybridized carbons (Fsp3) is 0.571. The molecule has 0 bridgehead atoms. The van der Waals surface area contributed by atoms with Gasteiger partial charge in [0, 0.05) is 26.4 Å². The average molecular weight is 278 g/mol. The molecule has 6 heteroatoms. The van der Waals surface area contributed by atoms with Crippen LogP contribution in [0.3, 0.4) is 0 Å². The van der Waals surface area contributed by atoms with Crippen molar-refractivity contribution >= 4 is 5.84 Å². The first-order valence-electron chi connectivity index (χ1n) is 6.87. The lowest BCUT2D eigenvalue weighted by atomic mass is 9.98. The summed E-state index contributed by atoms with van der Waals surface area (Å²) in [4.78, 5) is 6.58. The van der Waals surface area contributed by atoms with E-state index < -0.39 is 0 Å². The van der Waals surface area contributed by atoms with Crippen LogP contribution in [0.4, 0.5) is 0 Å². The van der Waals surface area contributed by atoms with Gasteiger partial charge in [0.05, 0.1) is 6.61 Å². The summed E-state index contributed by atoms with van der Waals surface area (Å²) < 4.78 is 5.25. The number of piperidine rings is 1. The topological polar surface area (TPSA) is 84.0 Å². The van der Waals surface area contributed by atoms with E-state index >= 15 is 0 Å². The first-order valence-corrected chi connectivity index (χ1v) is 6.87. The third-order valence-corrected chi connectivity index (χ3v) is 3.64. The van der Waals surface area contributed by atoms with Crippen molar-refractivity contribution in [3.05, 3.63) is 29.6 Å². The van der Waals surface area contributed by atoms with Crippen molar-refractivity contribution in [2.24, 2.45) is 16.8 Å². The number of nitrogens with zero attached hydrogens (tertiary/aromatic N) is 3. The Kier molecular flexibility index (Phi) is 5.31. The highest BCUT2D eigenvalue weighted by atomic mass is 16.5. The number of methoxy groups -OCH3 is 1. The van der Waals surface area contributed by atoms with Crippen LogP contribution in [0.2, 0.25) is 0 Å². The van der Waals surface area contributed by atoms with Crippen molar-refractivity contribution in [1.82, 2.24) is 9.88 Å². The maximum atomic E-state index is 8.82. The fourth-order valence-corrected chi connectivity index (χ4v) is 2.75. The van der Waals surface area contributed by atoms with Crippen molar-refractivity contribution in [3.63, 3.8) is 0 Å². The lowest BCUT2D eigenvalue weighted by Gasteiger charge is -2.32. The molecule has 20 heavy (non-hydrogen) atoms. The number of pyridine rings is 1. The van der Waals surface area contributed by atoms with Crippen LogP contribution in [0.15, 0.2) is 23.5 Å². The Balaban J connectivity index is 2.06. The van der Waals surface area contributed by atoms with Gasteiger partial charge in [-0.2, -0.15) is 0 Å². The summed E-state index contributed by atoms with van der Waals surface area (Å²) in [6.45, 7) is 3.64. The van der Waals surface area contributed by atoms with Gasteiger partial charge in [-0.25, -0.2) is 0 Å². The van der Waals surface area contributed by atoms with Crippen molar-refractivity contribution in [3.8, 4) is 0 Å². The monoisotopic (exact) mass is 278 g/mol. The van der Waals surface area contributed by atoms with Gasteiger partial charge >= 0.3 is 0 Å². The molecule has 1 saturated heterocycles. The number of nitrogens with two attached hydrogens (primary N) is 1. The molecule has 2 rings (SSSR count). The van der Waals surface area contributed by atoms with Crippen molar-refractivity contribution in [2.75, 3.05) is 26.8 Å². The lowest BCUT2D eigenvalue weighted by Crippen LogP contribution is -2.37. The molecule has 0 amide bonds. The Hall–Kier alpha value is -1.66. The largest absolute Gasteiger partial charge is 0.409 e. The molecule has 2 heterocycles. The van der Waals surface area contributed by atoms with Crippen LogP contribution in [0.5, 0.6) is 0 Å². The second-order valence-corrected chi connectivity index (χ2v) is 5.20. The Bertz CT molecular complexity index is 462. The summed E-state index contributed by atoms with van der Waals surface area (Å²) in [5.74, 6) is 0.642. The number of hydrogen-bond acceptors (Lipinski definition) is 5. The minimum Gasteiger partial charge on any atom is -0.409 e. The summed E-state index contributed by atoms with van der Waals surface area (Å²) in [6.07, 6.45) is 4.04. The van der Waals surface area contributed by atoms with Crippen molar-refractivity contribution in [2.45, 2.75) is 19.4 Å². The van der Waals surface area contributed by atoms with E-state index in [1.807, 2.05) is 12.1 Å². The summed E-state index contributed by atoms with van der Waals surface area (Å²) >= 11 is 0. The molecule has 1 aromatic heterocycles. The van der Waals surface area contributed by atoms with E-state index in [1.54, 1.807) is 13.3 Å². The third-order valence-electron chi connectivity index (χ3n) is 3.64. The maximum Gasteiger partial charge on any atom is 0.189 e. The summed E-state index contributed by atoms with van der Waals surface area (Å²) in [7, 11) is 1.75. The molecule has 1 atom stereocenters. The molecule has 0 spiro atoms. The van der Waals surface area contributed by atoms with Crippen LogP contribution >= 0.6 is 0 Å². The predicted molar refractivity (Wildman–Crippen MR) is 76.6 cm³/mol. The third kappa shape index (κ3) is 3.68. The van der Waals surface area contributed by atoms with Gasteiger partial charge in [0.25, 0.3) is 0 Å². The normalized spacial score (nSPS) is 21.1. The van der Waals surface area contributed by atoms with E-state index in [9.17, 15) is 0 Å². The number of hydrogen-bond donors (Lipinski definition) is 2. The average Bonchev–Trinajstić information content (AvgIpc) is 2.48. The Labute approximate surface area is 119 Å². The summed E-state index contributed by atoms with van der Waals surface area (Å²) in [6, 6.07) is 3.85. The van der Waals surface area contributed by atoms with Crippen LogP contribution in [0, 0.1) is 5.92 Å². The van der Waals surface area contributed by atoms with Gasteiger partial charge in [-0.1, -0.05) is 11.2 Å². The smallest absolute Gasteiger partial charge is 0.189 e. The number of oxime groups is 1. The number of amidine groups is 1. The highest BCUT2D eigenvalue weighted by Crippen LogP contribution is 2.19. The standard InChI is InChI=1S/C14H22N4O2/c1-20-10-11-4-3-7-18(8-11)9-12-5-2-6-16-13(12)14(15)17-19/h2,5-6,11,19H,3-4,7-10H2,1H3,(H2,15,17). The second-order valence-electron chi connectivity index (χ2n) is 5.20. The van der Waals surface area contributed by atoms with Crippen LogP contribution < -0.4 is 5.73 Å². The summed E-state index contributed by atoms with van der Waals surface area (Å²) in [5.41, 5.74) is 7.22. The Morgan fingerprint density at radius 1 is 1.65 bits per heavy atom. The lowest BCUT2D eigenvalue weighted by molar-refractivity contribution is 0.0873. The SMILES string of the molecule is COCC1CCCN(Cc2cccnc2/C(N)=N/O)C1. The van der Waals surface area contributed by atoms with Gasteiger partial charge in [0.1, 0.15) is 5.69 Å². The van der Waals surface area contributed by atoms with Crippen molar-refractivity contribution in [1.29, 1.82) is 0 Å². The van der Waals surface area contributed by atoms with Crippen LogP contribution in [0.1, 0.15) is 24.1 Å². The molecular formula is C14H22N4O2. The Morgan fingerprint density at radius 2 is 2.50 bits per heavy atom. The molecule has 1 aliphatic heterocycles.